The van der Waals surface area contributed by atoms with Gasteiger partial charge in [-0.05, 0) is 6.42 Å². The largest absolute Gasteiger partial charge is 0.192 e. The molecule has 0 fully saturated rings. The Morgan fingerprint density at radius 1 is 1.00 bits per heavy atom. The van der Waals surface area contributed by atoms with Crippen LogP contribution in [0.1, 0.15) is 12.8 Å². The average Bonchev–Trinajstić information content (AvgIpc) is 1.82. The highest BCUT2D eigenvalue weighted by Crippen LogP contribution is 2.42. The van der Waals surface area contributed by atoms with Gasteiger partial charge in [-0.1, -0.05) is 58.0 Å². The average molecular weight is 327 g/mol. The molecule has 0 saturated carbocycles. The van der Waals surface area contributed by atoms with Gasteiger partial charge in [0.25, 0.3) is 0 Å². The Labute approximate surface area is 113 Å². The van der Waals surface area contributed by atoms with Crippen molar-refractivity contribution < 1.29 is 0 Å². The SMILES string of the molecule is ClCCC(Cl)(Cl)C(Cl)CC(Cl)(Cl)Cl. The van der Waals surface area contributed by atoms with Crippen molar-refractivity contribution in [2.24, 2.45) is 0 Å². The normalized spacial score (nSPS) is 15.9. The Balaban J connectivity index is 4.16. The zero-order valence-electron chi connectivity index (χ0n) is 6.34. The molecule has 0 aromatic carbocycles. The van der Waals surface area contributed by atoms with E-state index in [0.717, 1.165) is 0 Å². The molecule has 0 saturated heterocycles. The highest BCUT2D eigenvalue weighted by molar-refractivity contribution is 6.67. The second-order valence-corrected chi connectivity index (χ2v) is 7.45. The minimum atomic E-state index is -1.45. The molecular formula is C6H7Cl7. The number of halogens is 7. The molecule has 0 aliphatic heterocycles. The van der Waals surface area contributed by atoms with Crippen LogP contribution in [-0.4, -0.2) is 19.4 Å². The predicted octanol–water partition coefficient (Wildman–Crippen LogP) is 5.16. The van der Waals surface area contributed by atoms with Gasteiger partial charge in [0.05, 0.1) is 5.38 Å². The highest BCUT2D eigenvalue weighted by Gasteiger charge is 2.38. The maximum Gasteiger partial charge on any atom is 0.192 e. The number of hydrogen-bond donors (Lipinski definition) is 0. The van der Waals surface area contributed by atoms with E-state index in [1.807, 2.05) is 0 Å². The standard InChI is InChI=1S/C6H7Cl7/c7-2-1-5(9,10)4(8)3-6(11,12)13/h4H,1-3H2. The Morgan fingerprint density at radius 3 is 1.77 bits per heavy atom. The van der Waals surface area contributed by atoms with E-state index in [1.165, 1.54) is 0 Å². The molecule has 0 aromatic rings. The van der Waals surface area contributed by atoms with E-state index < -0.39 is 13.5 Å². The van der Waals surface area contributed by atoms with Crippen LogP contribution in [0.3, 0.4) is 0 Å². The van der Waals surface area contributed by atoms with Gasteiger partial charge >= 0.3 is 0 Å². The van der Waals surface area contributed by atoms with Crippen LogP contribution in [0.4, 0.5) is 0 Å². The Morgan fingerprint density at radius 2 is 1.46 bits per heavy atom. The third kappa shape index (κ3) is 7.00. The van der Waals surface area contributed by atoms with E-state index in [4.69, 9.17) is 81.2 Å². The third-order valence-corrected chi connectivity index (χ3v) is 3.60. The van der Waals surface area contributed by atoms with Crippen molar-refractivity contribution in [3.8, 4) is 0 Å². The molecule has 0 aliphatic rings. The first kappa shape index (κ1) is 15.0. The fraction of sp³-hybridized carbons (Fsp3) is 1.00. The lowest BCUT2D eigenvalue weighted by Crippen LogP contribution is -2.30. The molecular weight excluding hydrogens is 320 g/mol. The number of rotatable bonds is 4. The molecule has 13 heavy (non-hydrogen) atoms. The Kier molecular flexibility index (Phi) is 6.86. The van der Waals surface area contributed by atoms with E-state index in [2.05, 4.69) is 0 Å². The van der Waals surface area contributed by atoms with E-state index in [1.54, 1.807) is 0 Å². The van der Waals surface area contributed by atoms with Crippen LogP contribution >= 0.6 is 81.2 Å². The molecule has 0 aliphatic carbocycles. The van der Waals surface area contributed by atoms with Crippen LogP contribution < -0.4 is 0 Å². The minimum Gasteiger partial charge on any atom is -0.127 e. The van der Waals surface area contributed by atoms with Gasteiger partial charge < -0.3 is 0 Å². The molecule has 0 rings (SSSR count). The van der Waals surface area contributed by atoms with Crippen molar-refractivity contribution in [1.82, 2.24) is 0 Å². The van der Waals surface area contributed by atoms with Gasteiger partial charge in [-0.3, -0.25) is 0 Å². The summed E-state index contributed by atoms with van der Waals surface area (Å²) in [4.78, 5) is 0. The molecule has 1 atom stereocenters. The van der Waals surface area contributed by atoms with Crippen LogP contribution in [0.5, 0.6) is 0 Å². The molecule has 80 valence electrons. The second-order valence-electron chi connectivity index (χ2n) is 2.49. The lowest BCUT2D eigenvalue weighted by molar-refractivity contribution is 0.648. The maximum absolute atomic E-state index is 5.87. The van der Waals surface area contributed by atoms with Crippen molar-refractivity contribution >= 4 is 81.2 Å². The molecule has 0 N–H and O–H groups in total. The first-order valence-corrected chi connectivity index (χ1v) is 6.20. The zero-order chi connectivity index (χ0) is 10.7. The van der Waals surface area contributed by atoms with Crippen LogP contribution in [0.15, 0.2) is 0 Å². The summed E-state index contributed by atoms with van der Waals surface area (Å²) in [6.45, 7) is 0. The molecule has 0 nitrogen and oxygen atoms in total. The highest BCUT2D eigenvalue weighted by atomic mass is 35.6. The minimum absolute atomic E-state index is 0.0725. The van der Waals surface area contributed by atoms with Crippen molar-refractivity contribution in [2.45, 2.75) is 26.3 Å². The van der Waals surface area contributed by atoms with E-state index in [0.29, 0.717) is 12.3 Å². The van der Waals surface area contributed by atoms with Gasteiger partial charge in [-0.2, -0.15) is 0 Å². The summed E-state index contributed by atoms with van der Waals surface area (Å²) in [6.07, 6.45) is 0.412. The van der Waals surface area contributed by atoms with Crippen LogP contribution in [0.2, 0.25) is 0 Å². The third-order valence-electron chi connectivity index (χ3n) is 1.30. The first-order chi connectivity index (χ1) is 5.69. The van der Waals surface area contributed by atoms with Gasteiger partial charge in [0.2, 0.25) is 0 Å². The maximum atomic E-state index is 5.87. The molecule has 0 bridgehead atoms. The van der Waals surface area contributed by atoms with Crippen LogP contribution in [0, 0.1) is 0 Å². The summed E-state index contributed by atoms with van der Waals surface area (Å²) >= 11 is 39.7. The summed E-state index contributed by atoms with van der Waals surface area (Å²) in [5, 5.41) is -0.651. The number of alkyl halides is 7. The Hall–Kier alpha value is 2.03. The van der Waals surface area contributed by atoms with Crippen molar-refractivity contribution in [3.05, 3.63) is 0 Å². The molecule has 0 amide bonds. The molecule has 0 aromatic heterocycles. The van der Waals surface area contributed by atoms with Gasteiger partial charge in [0.1, 0.15) is 4.33 Å². The summed E-state index contributed by atoms with van der Waals surface area (Å²) in [7, 11) is 0. The quantitative estimate of drug-likeness (QED) is 0.626. The zero-order valence-corrected chi connectivity index (χ0v) is 11.6. The summed E-state index contributed by atoms with van der Waals surface area (Å²) < 4.78 is -2.61. The molecule has 0 spiro atoms. The molecule has 0 radical (unpaired) electrons. The van der Waals surface area contributed by atoms with E-state index >= 15 is 0 Å². The van der Waals surface area contributed by atoms with Gasteiger partial charge in [0, 0.05) is 12.3 Å². The molecule has 1 unspecified atom stereocenters. The first-order valence-electron chi connectivity index (χ1n) is 3.33. The van der Waals surface area contributed by atoms with Crippen molar-refractivity contribution in [1.29, 1.82) is 0 Å². The van der Waals surface area contributed by atoms with E-state index in [-0.39, 0.29) is 6.42 Å². The van der Waals surface area contributed by atoms with Gasteiger partial charge in [0.15, 0.2) is 3.79 Å². The summed E-state index contributed by atoms with van der Waals surface area (Å²) in [5.41, 5.74) is 0. The lowest BCUT2D eigenvalue weighted by atomic mass is 10.2. The molecule has 7 heteroatoms. The fourth-order valence-electron chi connectivity index (χ4n) is 0.635. The van der Waals surface area contributed by atoms with Crippen molar-refractivity contribution in [3.63, 3.8) is 0 Å². The predicted molar refractivity (Wildman–Crippen MR) is 64.3 cm³/mol. The monoisotopic (exact) mass is 324 g/mol. The van der Waals surface area contributed by atoms with Crippen LogP contribution in [-0.2, 0) is 0 Å². The fourth-order valence-corrected chi connectivity index (χ4v) is 2.51. The Bertz CT molecular complexity index is 150. The van der Waals surface area contributed by atoms with E-state index in [9.17, 15) is 0 Å². The van der Waals surface area contributed by atoms with Gasteiger partial charge in [-0.25, -0.2) is 0 Å². The van der Waals surface area contributed by atoms with Crippen LogP contribution in [0.25, 0.3) is 0 Å². The topological polar surface area (TPSA) is 0 Å². The van der Waals surface area contributed by atoms with Crippen molar-refractivity contribution in [2.75, 3.05) is 5.88 Å². The lowest BCUT2D eigenvalue weighted by Gasteiger charge is -2.26. The number of hydrogen-bond acceptors (Lipinski definition) is 0. The molecule has 0 heterocycles. The summed E-state index contributed by atoms with van der Waals surface area (Å²) in [5.74, 6) is 0.302. The second kappa shape index (κ2) is 5.94. The smallest absolute Gasteiger partial charge is 0.127 e. The van der Waals surface area contributed by atoms with Gasteiger partial charge in [-0.15, -0.1) is 23.2 Å². The summed E-state index contributed by atoms with van der Waals surface area (Å²) in [6, 6.07) is 0.